The van der Waals surface area contributed by atoms with Gasteiger partial charge in [-0.05, 0) is 43.9 Å². The molecule has 1 fully saturated rings. The molecule has 1 heterocycles. The van der Waals surface area contributed by atoms with E-state index in [0.717, 1.165) is 19.3 Å². The van der Waals surface area contributed by atoms with Crippen molar-refractivity contribution in [3.63, 3.8) is 0 Å². The van der Waals surface area contributed by atoms with Gasteiger partial charge in [-0.2, -0.15) is 0 Å². The second-order valence-corrected chi connectivity index (χ2v) is 4.55. The minimum absolute atomic E-state index is 0.208. The van der Waals surface area contributed by atoms with Crippen LogP contribution in [-0.2, 0) is 4.74 Å². The first-order chi connectivity index (χ1) is 8.09. The zero-order valence-electron chi connectivity index (χ0n) is 9.88. The van der Waals surface area contributed by atoms with Crippen molar-refractivity contribution in [1.82, 2.24) is 0 Å². The summed E-state index contributed by atoms with van der Waals surface area (Å²) in [6.07, 6.45) is 2.62. The number of hydrogen-bond acceptors (Lipinski definition) is 2. The van der Waals surface area contributed by atoms with Crippen molar-refractivity contribution in [3.05, 3.63) is 34.9 Å². The van der Waals surface area contributed by atoms with Gasteiger partial charge in [0.1, 0.15) is 11.6 Å². The average Bonchev–Trinajstić information content (AvgIpc) is 2.34. The fraction of sp³-hybridized carbons (Fsp3) is 0.538. The summed E-state index contributed by atoms with van der Waals surface area (Å²) in [5.41, 5.74) is 6.46. The molecule has 1 saturated heterocycles. The second-order valence-electron chi connectivity index (χ2n) is 4.55. The van der Waals surface area contributed by atoms with Crippen LogP contribution in [0.25, 0.3) is 0 Å². The maximum absolute atomic E-state index is 13.7. The van der Waals surface area contributed by atoms with Gasteiger partial charge in [0.25, 0.3) is 0 Å². The van der Waals surface area contributed by atoms with Crippen LogP contribution in [0.2, 0.25) is 0 Å². The van der Waals surface area contributed by atoms with Crippen LogP contribution in [0.1, 0.15) is 36.4 Å². The molecule has 0 aliphatic carbocycles. The van der Waals surface area contributed by atoms with Crippen LogP contribution in [-0.4, -0.2) is 12.7 Å². The lowest BCUT2D eigenvalue weighted by atomic mass is 9.95. The summed E-state index contributed by atoms with van der Waals surface area (Å²) in [5.74, 6) is -0.877. The summed E-state index contributed by atoms with van der Waals surface area (Å²) < 4.78 is 32.7. The molecule has 1 aliphatic rings. The number of aryl methyl sites for hydroxylation is 1. The first-order valence-corrected chi connectivity index (χ1v) is 5.92. The number of ether oxygens (including phenoxy) is 1. The first-order valence-electron chi connectivity index (χ1n) is 5.92. The highest BCUT2D eigenvalue weighted by Gasteiger charge is 2.25. The van der Waals surface area contributed by atoms with E-state index in [2.05, 4.69) is 0 Å². The van der Waals surface area contributed by atoms with Crippen molar-refractivity contribution in [1.29, 1.82) is 0 Å². The van der Waals surface area contributed by atoms with E-state index < -0.39 is 17.7 Å². The van der Waals surface area contributed by atoms with Crippen LogP contribution in [0.5, 0.6) is 0 Å². The minimum Gasteiger partial charge on any atom is -0.376 e. The van der Waals surface area contributed by atoms with Crippen molar-refractivity contribution in [2.45, 2.75) is 38.3 Å². The molecule has 1 aromatic rings. The maximum Gasteiger partial charge on any atom is 0.128 e. The number of rotatable bonds is 2. The molecule has 0 spiro atoms. The van der Waals surface area contributed by atoms with Crippen LogP contribution in [0.3, 0.4) is 0 Å². The van der Waals surface area contributed by atoms with E-state index in [0.29, 0.717) is 12.2 Å². The highest BCUT2D eigenvalue weighted by molar-refractivity contribution is 5.28. The van der Waals surface area contributed by atoms with E-state index in [9.17, 15) is 8.78 Å². The van der Waals surface area contributed by atoms with Crippen LogP contribution in [0.15, 0.2) is 12.1 Å². The van der Waals surface area contributed by atoms with Crippen molar-refractivity contribution in [3.8, 4) is 0 Å². The molecule has 0 saturated carbocycles. The lowest BCUT2D eigenvalue weighted by Crippen LogP contribution is -2.32. The summed E-state index contributed by atoms with van der Waals surface area (Å²) in [6.45, 7) is 2.18. The number of nitrogens with two attached hydrogens (primary N) is 1. The Bertz CT molecular complexity index is 403. The third-order valence-corrected chi connectivity index (χ3v) is 3.25. The molecule has 94 valence electrons. The Hall–Kier alpha value is -1.00. The highest BCUT2D eigenvalue weighted by Crippen LogP contribution is 2.27. The summed E-state index contributed by atoms with van der Waals surface area (Å²) in [4.78, 5) is 0. The smallest absolute Gasteiger partial charge is 0.128 e. The molecule has 2 N–H and O–H groups in total. The van der Waals surface area contributed by atoms with Gasteiger partial charge < -0.3 is 10.5 Å². The predicted octanol–water partition coefficient (Wildman–Crippen LogP) is 2.84. The van der Waals surface area contributed by atoms with E-state index in [1.807, 2.05) is 0 Å². The summed E-state index contributed by atoms with van der Waals surface area (Å²) in [7, 11) is 0. The normalized spacial score (nSPS) is 22.5. The van der Waals surface area contributed by atoms with Gasteiger partial charge in [0.2, 0.25) is 0 Å². The van der Waals surface area contributed by atoms with Crippen molar-refractivity contribution < 1.29 is 13.5 Å². The van der Waals surface area contributed by atoms with Crippen LogP contribution < -0.4 is 5.73 Å². The van der Waals surface area contributed by atoms with Crippen molar-refractivity contribution >= 4 is 0 Å². The van der Waals surface area contributed by atoms with Crippen molar-refractivity contribution in [2.24, 2.45) is 5.73 Å². The molecule has 2 rings (SSSR count). The molecule has 0 amide bonds. The first kappa shape index (κ1) is 12.5. The third-order valence-electron chi connectivity index (χ3n) is 3.25. The maximum atomic E-state index is 13.7. The van der Waals surface area contributed by atoms with Gasteiger partial charge in [-0.3, -0.25) is 0 Å². The topological polar surface area (TPSA) is 35.2 Å². The molecule has 2 atom stereocenters. The van der Waals surface area contributed by atoms with E-state index in [1.54, 1.807) is 0 Å². The Balaban J connectivity index is 2.23. The Labute approximate surface area is 99.8 Å². The molecule has 1 aromatic carbocycles. The fourth-order valence-corrected chi connectivity index (χ4v) is 2.17. The van der Waals surface area contributed by atoms with Gasteiger partial charge >= 0.3 is 0 Å². The summed E-state index contributed by atoms with van der Waals surface area (Å²) in [6, 6.07) is 1.78. The zero-order chi connectivity index (χ0) is 12.4. The number of benzene rings is 1. The largest absolute Gasteiger partial charge is 0.376 e. The standard InChI is InChI=1S/C13H17F2NO/c1-8-6-11(15)9(7-10(8)14)13(16)12-4-2-3-5-17-12/h6-7,12-13H,2-5,16H2,1H3. The molecule has 0 bridgehead atoms. The van der Waals surface area contributed by atoms with Crippen LogP contribution in [0.4, 0.5) is 8.78 Å². The molecule has 4 heteroatoms. The molecule has 0 aromatic heterocycles. The zero-order valence-corrected chi connectivity index (χ0v) is 9.88. The van der Waals surface area contributed by atoms with E-state index in [-0.39, 0.29) is 11.7 Å². The van der Waals surface area contributed by atoms with Gasteiger partial charge in [-0.25, -0.2) is 8.78 Å². The van der Waals surface area contributed by atoms with Crippen LogP contribution >= 0.6 is 0 Å². The number of halogens is 2. The molecule has 2 unspecified atom stereocenters. The third kappa shape index (κ3) is 2.64. The Morgan fingerprint density at radius 1 is 1.29 bits per heavy atom. The van der Waals surface area contributed by atoms with Gasteiger partial charge in [0.15, 0.2) is 0 Å². The molecular formula is C13H17F2NO. The molecule has 0 radical (unpaired) electrons. The molecule has 17 heavy (non-hydrogen) atoms. The van der Waals surface area contributed by atoms with E-state index >= 15 is 0 Å². The monoisotopic (exact) mass is 241 g/mol. The lowest BCUT2D eigenvalue weighted by Gasteiger charge is -2.28. The molecule has 1 aliphatic heterocycles. The van der Waals surface area contributed by atoms with Gasteiger partial charge in [-0.1, -0.05) is 0 Å². The van der Waals surface area contributed by atoms with E-state index in [1.165, 1.54) is 19.1 Å². The molecular weight excluding hydrogens is 224 g/mol. The van der Waals surface area contributed by atoms with Gasteiger partial charge in [-0.15, -0.1) is 0 Å². The van der Waals surface area contributed by atoms with Crippen molar-refractivity contribution in [2.75, 3.05) is 6.61 Å². The summed E-state index contributed by atoms with van der Waals surface area (Å²) >= 11 is 0. The Morgan fingerprint density at radius 2 is 2.06 bits per heavy atom. The highest BCUT2D eigenvalue weighted by atomic mass is 19.1. The SMILES string of the molecule is Cc1cc(F)c(C(N)C2CCCCO2)cc1F. The van der Waals surface area contributed by atoms with E-state index in [4.69, 9.17) is 10.5 Å². The predicted molar refractivity (Wildman–Crippen MR) is 61.6 cm³/mol. The Kier molecular flexibility index (Phi) is 3.74. The van der Waals surface area contributed by atoms with Gasteiger partial charge in [0, 0.05) is 12.2 Å². The number of hydrogen-bond donors (Lipinski definition) is 1. The lowest BCUT2D eigenvalue weighted by molar-refractivity contribution is -0.000672. The van der Waals surface area contributed by atoms with Crippen LogP contribution in [0, 0.1) is 18.6 Å². The molecule has 2 nitrogen and oxygen atoms in total. The summed E-state index contributed by atoms with van der Waals surface area (Å²) in [5, 5.41) is 0. The minimum atomic E-state index is -0.592. The Morgan fingerprint density at radius 3 is 2.71 bits per heavy atom. The second kappa shape index (κ2) is 5.10. The fourth-order valence-electron chi connectivity index (χ4n) is 2.17. The van der Waals surface area contributed by atoms with Gasteiger partial charge in [0.05, 0.1) is 12.1 Å². The average molecular weight is 241 g/mol. The quantitative estimate of drug-likeness (QED) is 0.864.